The van der Waals surface area contributed by atoms with E-state index in [1.54, 1.807) is 19.1 Å². The molecule has 0 amide bonds. The fourth-order valence-electron chi connectivity index (χ4n) is 4.68. The molecule has 0 aliphatic carbocycles. The van der Waals surface area contributed by atoms with E-state index in [0.717, 1.165) is 6.07 Å². The molecular weight excluding hydrogens is 505 g/mol. The van der Waals surface area contributed by atoms with Gasteiger partial charge in [0.25, 0.3) is 0 Å². The minimum absolute atomic E-state index is 0.0697. The van der Waals surface area contributed by atoms with Crippen LogP contribution in [0.4, 0.5) is 13.2 Å². The van der Waals surface area contributed by atoms with Crippen molar-refractivity contribution in [3.8, 4) is 0 Å². The molecule has 1 unspecified atom stereocenters. The summed E-state index contributed by atoms with van der Waals surface area (Å²) in [6.45, 7) is 6.78. The molecule has 1 saturated heterocycles. The number of benzene rings is 2. The van der Waals surface area contributed by atoms with Crippen molar-refractivity contribution in [2.75, 3.05) is 19.6 Å². The Labute approximate surface area is 208 Å². The second-order valence-corrected chi connectivity index (χ2v) is 11.3. The molecule has 6 nitrogen and oxygen atoms in total. The van der Waals surface area contributed by atoms with E-state index in [-0.39, 0.29) is 28.4 Å². The maximum atomic E-state index is 13.5. The lowest BCUT2D eigenvalue weighted by Gasteiger charge is -2.43. The smallest absolute Gasteiger partial charge is 0.417 e. The number of aliphatic carboxylic acids is 1. The standard InChI is InChI=1S/C24H28ClF3N2O4S/c1-15-8-19(12-23(31)32)10-20(9-15)35(33,34)30-16(2)13-29(14-17(30)3)7-6-18-4-5-21(22(25)11-18)24(26,27)28/h4-5,8-11,16-17H,6-7,12-14H2,1-3H3,(H,31,32)/t16-,17?/m0/s1. The van der Waals surface area contributed by atoms with Gasteiger partial charge in [-0.15, -0.1) is 0 Å². The summed E-state index contributed by atoms with van der Waals surface area (Å²) in [6.07, 6.45) is -4.30. The fraction of sp³-hybridized carbons (Fsp3) is 0.458. The Morgan fingerprint density at radius 2 is 1.71 bits per heavy atom. The molecule has 3 rings (SSSR count). The van der Waals surface area contributed by atoms with E-state index in [0.29, 0.717) is 42.7 Å². The van der Waals surface area contributed by atoms with Crippen LogP contribution in [0.1, 0.15) is 36.1 Å². The Morgan fingerprint density at radius 1 is 1.09 bits per heavy atom. The number of carbonyl (C=O) groups is 1. The minimum atomic E-state index is -4.51. The van der Waals surface area contributed by atoms with Crippen LogP contribution in [0.3, 0.4) is 0 Å². The van der Waals surface area contributed by atoms with E-state index in [2.05, 4.69) is 4.90 Å². The zero-order chi connectivity index (χ0) is 26.1. The van der Waals surface area contributed by atoms with Crippen LogP contribution >= 0.6 is 11.6 Å². The zero-order valence-corrected chi connectivity index (χ0v) is 21.2. The van der Waals surface area contributed by atoms with E-state index in [9.17, 15) is 26.4 Å². The van der Waals surface area contributed by atoms with Crippen LogP contribution in [0.5, 0.6) is 0 Å². The molecular formula is C24H28ClF3N2O4S. The first-order valence-corrected chi connectivity index (χ1v) is 12.9. The summed E-state index contributed by atoms with van der Waals surface area (Å²) < 4.78 is 67.2. The van der Waals surface area contributed by atoms with Gasteiger partial charge in [0.15, 0.2) is 0 Å². The lowest BCUT2D eigenvalue weighted by atomic mass is 10.1. The van der Waals surface area contributed by atoms with Crippen LogP contribution in [0.25, 0.3) is 0 Å². The van der Waals surface area contributed by atoms with Crippen molar-refractivity contribution in [3.63, 3.8) is 0 Å². The summed E-state index contributed by atoms with van der Waals surface area (Å²) in [7, 11) is -3.87. The molecule has 0 saturated carbocycles. The number of hydrogen-bond donors (Lipinski definition) is 1. The fourth-order valence-corrected chi connectivity index (χ4v) is 6.95. The third kappa shape index (κ3) is 6.55. The molecule has 0 aromatic heterocycles. The first kappa shape index (κ1) is 27.4. The number of alkyl halides is 3. The predicted octanol–water partition coefficient (Wildman–Crippen LogP) is 4.62. The van der Waals surface area contributed by atoms with E-state index in [4.69, 9.17) is 16.7 Å². The highest BCUT2D eigenvalue weighted by molar-refractivity contribution is 7.89. The van der Waals surface area contributed by atoms with Crippen LogP contribution in [-0.4, -0.2) is 60.4 Å². The van der Waals surface area contributed by atoms with Gasteiger partial charge in [-0.05, 0) is 68.1 Å². The molecule has 0 spiro atoms. The van der Waals surface area contributed by atoms with E-state index >= 15 is 0 Å². The number of rotatable bonds is 7. The minimum Gasteiger partial charge on any atom is -0.481 e. The molecule has 35 heavy (non-hydrogen) atoms. The van der Waals surface area contributed by atoms with Crippen molar-refractivity contribution in [1.82, 2.24) is 9.21 Å². The molecule has 1 fully saturated rings. The topological polar surface area (TPSA) is 77.9 Å². The quantitative estimate of drug-likeness (QED) is 0.563. The lowest BCUT2D eigenvalue weighted by molar-refractivity contribution is -0.138. The summed E-state index contributed by atoms with van der Waals surface area (Å²) in [5, 5.41) is 8.75. The molecule has 2 aromatic carbocycles. The first-order valence-electron chi connectivity index (χ1n) is 11.1. The maximum Gasteiger partial charge on any atom is 0.417 e. The van der Waals surface area contributed by atoms with Gasteiger partial charge in [0, 0.05) is 31.7 Å². The third-order valence-corrected chi connectivity index (χ3v) is 8.43. The van der Waals surface area contributed by atoms with E-state index in [1.807, 2.05) is 13.8 Å². The molecule has 1 aliphatic heterocycles. The van der Waals surface area contributed by atoms with Gasteiger partial charge >= 0.3 is 12.1 Å². The number of nitrogens with zero attached hydrogens (tertiary/aromatic N) is 2. The lowest BCUT2D eigenvalue weighted by Crippen LogP contribution is -2.58. The molecule has 0 radical (unpaired) electrons. The SMILES string of the molecule is Cc1cc(CC(=O)O)cc(S(=O)(=O)N2C(C)CN(CCc3ccc(C(F)(F)F)c(Cl)c3)C[C@@H]2C)c1. The monoisotopic (exact) mass is 532 g/mol. The average molecular weight is 533 g/mol. The number of carboxylic acids is 1. The first-order chi connectivity index (χ1) is 16.2. The number of carboxylic acid groups (broad SMARTS) is 1. The predicted molar refractivity (Wildman–Crippen MR) is 127 cm³/mol. The van der Waals surface area contributed by atoms with Gasteiger partial charge in [-0.25, -0.2) is 8.42 Å². The number of halogens is 4. The van der Waals surface area contributed by atoms with Gasteiger partial charge in [-0.2, -0.15) is 17.5 Å². The highest BCUT2D eigenvalue weighted by Gasteiger charge is 2.38. The zero-order valence-electron chi connectivity index (χ0n) is 19.6. The van der Waals surface area contributed by atoms with Gasteiger partial charge < -0.3 is 5.11 Å². The van der Waals surface area contributed by atoms with Gasteiger partial charge in [0.2, 0.25) is 10.0 Å². The summed E-state index contributed by atoms with van der Waals surface area (Å²) in [6, 6.07) is 7.61. The van der Waals surface area contributed by atoms with Gasteiger partial charge in [0.1, 0.15) is 0 Å². The number of piperazine rings is 1. The van der Waals surface area contributed by atoms with Crippen LogP contribution < -0.4 is 0 Å². The van der Waals surface area contributed by atoms with Crippen LogP contribution in [0.2, 0.25) is 5.02 Å². The van der Waals surface area contributed by atoms with Crippen LogP contribution in [-0.2, 0) is 33.8 Å². The van der Waals surface area contributed by atoms with Gasteiger partial charge in [-0.1, -0.05) is 23.7 Å². The normalized spacial score (nSPS) is 20.2. The summed E-state index contributed by atoms with van der Waals surface area (Å²) in [4.78, 5) is 13.3. The summed E-state index contributed by atoms with van der Waals surface area (Å²) in [5.41, 5.74) is 0.886. The molecule has 1 heterocycles. The second-order valence-electron chi connectivity index (χ2n) is 9.08. The van der Waals surface area contributed by atoms with E-state index < -0.39 is 27.7 Å². The number of aryl methyl sites for hydroxylation is 1. The van der Waals surface area contributed by atoms with Crippen molar-refractivity contribution in [3.05, 3.63) is 63.7 Å². The molecule has 0 bridgehead atoms. The highest BCUT2D eigenvalue weighted by Crippen LogP contribution is 2.35. The second kappa shape index (κ2) is 10.5. The number of hydrogen-bond acceptors (Lipinski definition) is 4. The van der Waals surface area contributed by atoms with Crippen LogP contribution in [0, 0.1) is 6.92 Å². The highest BCUT2D eigenvalue weighted by atomic mass is 35.5. The van der Waals surface area contributed by atoms with Crippen molar-refractivity contribution in [2.45, 2.75) is 56.8 Å². The molecule has 2 aromatic rings. The van der Waals surface area contributed by atoms with Crippen molar-refractivity contribution < 1.29 is 31.5 Å². The molecule has 2 atom stereocenters. The van der Waals surface area contributed by atoms with Crippen molar-refractivity contribution in [1.29, 1.82) is 0 Å². The average Bonchev–Trinajstić information content (AvgIpc) is 2.69. The maximum absolute atomic E-state index is 13.5. The van der Waals surface area contributed by atoms with E-state index in [1.165, 1.54) is 22.5 Å². The molecule has 11 heteroatoms. The third-order valence-electron chi connectivity index (χ3n) is 6.01. The number of sulfonamides is 1. The van der Waals surface area contributed by atoms with Crippen molar-refractivity contribution in [2.24, 2.45) is 0 Å². The Bertz CT molecular complexity index is 1190. The Hall–Kier alpha value is -2.14. The molecule has 1 N–H and O–H groups in total. The molecule has 1 aliphatic rings. The van der Waals surface area contributed by atoms with Gasteiger partial charge in [-0.3, -0.25) is 9.69 Å². The molecule has 192 valence electrons. The Kier molecular flexibility index (Phi) is 8.20. The van der Waals surface area contributed by atoms with Crippen LogP contribution in [0.15, 0.2) is 41.3 Å². The largest absolute Gasteiger partial charge is 0.481 e. The Balaban J connectivity index is 1.71. The van der Waals surface area contributed by atoms with Gasteiger partial charge in [0.05, 0.1) is 21.9 Å². The summed E-state index contributed by atoms with van der Waals surface area (Å²) >= 11 is 5.82. The summed E-state index contributed by atoms with van der Waals surface area (Å²) in [5.74, 6) is -1.04. The van der Waals surface area contributed by atoms with Crippen molar-refractivity contribution >= 4 is 27.6 Å². The Morgan fingerprint density at radius 3 is 2.26 bits per heavy atom.